The van der Waals surface area contributed by atoms with Crippen LogP contribution in [0.4, 0.5) is 5.69 Å². The summed E-state index contributed by atoms with van der Waals surface area (Å²) in [5.41, 5.74) is 5.73. The molecule has 0 aliphatic heterocycles. The molecule has 7 nitrogen and oxygen atoms in total. The topological polar surface area (TPSA) is 113 Å². The lowest BCUT2D eigenvalue weighted by atomic mass is 10.2. The lowest BCUT2D eigenvalue weighted by Gasteiger charge is -2.20. The molecule has 0 bridgehead atoms. The summed E-state index contributed by atoms with van der Waals surface area (Å²) in [6.45, 7) is 1.90. The fourth-order valence-electron chi connectivity index (χ4n) is 1.80. The second kappa shape index (κ2) is 7.06. The molecule has 0 aliphatic rings. The highest BCUT2D eigenvalue weighted by Gasteiger charge is 2.28. The first-order valence-electron chi connectivity index (χ1n) is 6.23. The van der Waals surface area contributed by atoms with Crippen molar-refractivity contribution in [2.45, 2.75) is 18.2 Å². The lowest BCUT2D eigenvalue weighted by Crippen LogP contribution is -2.33. The van der Waals surface area contributed by atoms with Crippen LogP contribution in [0.3, 0.4) is 0 Å². The lowest BCUT2D eigenvalue weighted by molar-refractivity contribution is 0.0596. The summed E-state index contributed by atoms with van der Waals surface area (Å²) in [5.74, 6) is -0.780. The number of rotatable bonds is 6. The standard InChI is InChI=1S/C13H17N3O4S/c1-3-16(8-4-7-14)21(18,19)12-6-5-10(15)9-11(12)13(17)20-2/h5-6,9H,3-4,8,15H2,1-2H3. The van der Waals surface area contributed by atoms with Gasteiger partial charge in [0.15, 0.2) is 0 Å². The van der Waals surface area contributed by atoms with Gasteiger partial charge in [0.05, 0.1) is 23.6 Å². The quantitative estimate of drug-likeness (QED) is 0.619. The predicted molar refractivity (Wildman–Crippen MR) is 76.9 cm³/mol. The minimum atomic E-state index is -3.90. The number of hydrogen-bond donors (Lipinski definition) is 1. The van der Waals surface area contributed by atoms with Crippen LogP contribution in [0.15, 0.2) is 23.1 Å². The van der Waals surface area contributed by atoms with Gasteiger partial charge in [0.2, 0.25) is 10.0 Å². The van der Waals surface area contributed by atoms with Crippen LogP contribution in [0.25, 0.3) is 0 Å². The van der Waals surface area contributed by atoms with E-state index in [0.717, 1.165) is 11.4 Å². The summed E-state index contributed by atoms with van der Waals surface area (Å²) >= 11 is 0. The summed E-state index contributed by atoms with van der Waals surface area (Å²) in [4.78, 5) is 11.6. The third-order valence-corrected chi connectivity index (χ3v) is 4.88. The monoisotopic (exact) mass is 311 g/mol. The van der Waals surface area contributed by atoms with Crippen LogP contribution in [-0.4, -0.2) is 38.9 Å². The number of esters is 1. The molecular weight excluding hydrogens is 294 g/mol. The maximum absolute atomic E-state index is 12.6. The molecular formula is C13H17N3O4S. The van der Waals surface area contributed by atoms with Crippen molar-refractivity contribution in [1.29, 1.82) is 5.26 Å². The molecule has 0 heterocycles. The Labute approximate surface area is 124 Å². The maximum Gasteiger partial charge on any atom is 0.339 e. The summed E-state index contributed by atoms with van der Waals surface area (Å²) in [6, 6.07) is 5.83. The zero-order chi connectivity index (χ0) is 16.0. The second-order valence-electron chi connectivity index (χ2n) is 4.15. The van der Waals surface area contributed by atoms with Gasteiger partial charge in [-0.25, -0.2) is 13.2 Å². The van der Waals surface area contributed by atoms with Gasteiger partial charge in [-0.15, -0.1) is 0 Å². The molecule has 1 aromatic rings. The van der Waals surface area contributed by atoms with Crippen molar-refractivity contribution in [3.05, 3.63) is 23.8 Å². The molecule has 8 heteroatoms. The number of hydrogen-bond acceptors (Lipinski definition) is 6. The second-order valence-corrected chi connectivity index (χ2v) is 6.06. The van der Waals surface area contributed by atoms with Gasteiger partial charge in [-0.2, -0.15) is 9.57 Å². The molecule has 0 saturated heterocycles. The van der Waals surface area contributed by atoms with Crippen LogP contribution in [-0.2, 0) is 14.8 Å². The summed E-state index contributed by atoms with van der Waals surface area (Å²) in [7, 11) is -2.74. The molecule has 21 heavy (non-hydrogen) atoms. The van der Waals surface area contributed by atoms with Crippen molar-refractivity contribution in [1.82, 2.24) is 4.31 Å². The smallest absolute Gasteiger partial charge is 0.339 e. The third kappa shape index (κ3) is 3.71. The molecule has 1 aromatic carbocycles. The number of benzene rings is 1. The van der Waals surface area contributed by atoms with Crippen molar-refractivity contribution < 1.29 is 17.9 Å². The maximum atomic E-state index is 12.6. The van der Waals surface area contributed by atoms with Crippen LogP contribution < -0.4 is 5.73 Å². The van der Waals surface area contributed by atoms with E-state index < -0.39 is 16.0 Å². The molecule has 1 rings (SSSR count). The van der Waals surface area contributed by atoms with Crippen LogP contribution in [0.1, 0.15) is 23.7 Å². The molecule has 0 spiro atoms. The first kappa shape index (κ1) is 16.9. The normalized spacial score (nSPS) is 11.1. The molecule has 0 aliphatic carbocycles. The van der Waals surface area contributed by atoms with Gasteiger partial charge >= 0.3 is 5.97 Å². The number of methoxy groups -OCH3 is 1. The first-order valence-corrected chi connectivity index (χ1v) is 7.67. The average Bonchev–Trinajstić information content (AvgIpc) is 2.46. The number of anilines is 1. The molecule has 0 unspecified atom stereocenters. The van der Waals surface area contributed by atoms with E-state index >= 15 is 0 Å². The summed E-state index contributed by atoms with van der Waals surface area (Å²) in [6.07, 6.45) is 0.0651. The van der Waals surface area contributed by atoms with Gasteiger partial charge < -0.3 is 10.5 Å². The van der Waals surface area contributed by atoms with Crippen molar-refractivity contribution in [2.75, 3.05) is 25.9 Å². The number of nitriles is 1. The highest BCUT2D eigenvalue weighted by molar-refractivity contribution is 7.89. The highest BCUT2D eigenvalue weighted by atomic mass is 32.2. The fourth-order valence-corrected chi connectivity index (χ4v) is 3.41. The van der Waals surface area contributed by atoms with Crippen molar-refractivity contribution >= 4 is 21.7 Å². The zero-order valence-electron chi connectivity index (χ0n) is 11.9. The van der Waals surface area contributed by atoms with E-state index in [2.05, 4.69) is 4.74 Å². The van der Waals surface area contributed by atoms with Crippen molar-refractivity contribution in [3.8, 4) is 6.07 Å². The van der Waals surface area contributed by atoms with E-state index in [-0.39, 0.29) is 35.7 Å². The van der Waals surface area contributed by atoms with Crippen LogP contribution >= 0.6 is 0 Å². The Balaban J connectivity index is 3.37. The Morgan fingerprint density at radius 2 is 2.14 bits per heavy atom. The number of sulfonamides is 1. The molecule has 0 fully saturated rings. The molecule has 0 radical (unpaired) electrons. The highest BCUT2D eigenvalue weighted by Crippen LogP contribution is 2.23. The van der Waals surface area contributed by atoms with Gasteiger partial charge in [-0.3, -0.25) is 0 Å². The number of carbonyl (C=O) groups is 1. The number of ether oxygens (including phenoxy) is 1. The largest absolute Gasteiger partial charge is 0.465 e. The Morgan fingerprint density at radius 1 is 1.48 bits per heavy atom. The van der Waals surface area contributed by atoms with Gasteiger partial charge in [0.25, 0.3) is 0 Å². The number of nitrogens with zero attached hydrogens (tertiary/aromatic N) is 2. The minimum absolute atomic E-state index is 0.0559. The van der Waals surface area contributed by atoms with E-state index in [4.69, 9.17) is 11.0 Å². The average molecular weight is 311 g/mol. The molecule has 2 N–H and O–H groups in total. The predicted octanol–water partition coefficient (Wildman–Crippen LogP) is 0.980. The van der Waals surface area contributed by atoms with E-state index in [1.807, 2.05) is 6.07 Å². The Kier molecular flexibility index (Phi) is 5.69. The molecule has 0 amide bonds. The summed E-state index contributed by atoms with van der Waals surface area (Å²) < 4.78 is 30.9. The fraction of sp³-hybridized carbons (Fsp3) is 0.385. The van der Waals surface area contributed by atoms with E-state index in [0.29, 0.717) is 0 Å². The first-order chi connectivity index (χ1) is 9.88. The van der Waals surface area contributed by atoms with Gasteiger partial charge in [-0.05, 0) is 18.2 Å². The molecule has 0 aromatic heterocycles. The molecule has 0 saturated carbocycles. The van der Waals surface area contributed by atoms with Crippen LogP contribution in [0.5, 0.6) is 0 Å². The van der Waals surface area contributed by atoms with Crippen LogP contribution in [0.2, 0.25) is 0 Å². The van der Waals surface area contributed by atoms with E-state index in [1.54, 1.807) is 6.92 Å². The SMILES string of the molecule is CCN(CCC#N)S(=O)(=O)c1ccc(N)cc1C(=O)OC. The van der Waals surface area contributed by atoms with Crippen molar-refractivity contribution in [2.24, 2.45) is 0 Å². The Bertz CT molecular complexity index is 664. The number of nitrogen functional groups attached to an aromatic ring is 1. The summed E-state index contributed by atoms with van der Waals surface area (Å²) in [5, 5.41) is 8.60. The van der Waals surface area contributed by atoms with Crippen LogP contribution in [0, 0.1) is 11.3 Å². The Morgan fingerprint density at radius 3 is 2.67 bits per heavy atom. The third-order valence-electron chi connectivity index (χ3n) is 2.85. The van der Waals surface area contributed by atoms with E-state index in [1.165, 1.54) is 18.2 Å². The number of nitrogens with two attached hydrogens (primary N) is 1. The van der Waals surface area contributed by atoms with Gasteiger partial charge in [-0.1, -0.05) is 6.92 Å². The molecule has 114 valence electrons. The molecule has 0 atom stereocenters. The minimum Gasteiger partial charge on any atom is -0.465 e. The van der Waals surface area contributed by atoms with E-state index in [9.17, 15) is 13.2 Å². The number of carbonyl (C=O) groups excluding carboxylic acids is 1. The van der Waals surface area contributed by atoms with Crippen molar-refractivity contribution in [3.63, 3.8) is 0 Å². The van der Waals surface area contributed by atoms with Gasteiger partial charge in [0.1, 0.15) is 0 Å². The van der Waals surface area contributed by atoms with Gasteiger partial charge in [0, 0.05) is 25.2 Å². The zero-order valence-corrected chi connectivity index (χ0v) is 12.7. The Hall–Kier alpha value is -2.11.